The van der Waals surface area contributed by atoms with Crippen LogP contribution in [0.4, 0.5) is 0 Å². The SMILES string of the molecule is COC(=O)C(C)(N)CCN(C)C1CCCCC1C. The summed E-state index contributed by atoms with van der Waals surface area (Å²) in [5, 5.41) is 0. The molecule has 0 aliphatic heterocycles. The van der Waals surface area contributed by atoms with Gasteiger partial charge in [0, 0.05) is 12.6 Å². The molecular weight excluding hydrogens is 228 g/mol. The maximum absolute atomic E-state index is 11.5. The number of carbonyl (C=O) groups excluding carboxylic acids is 1. The number of ether oxygens (including phenoxy) is 1. The lowest BCUT2D eigenvalue weighted by Crippen LogP contribution is -2.49. The van der Waals surface area contributed by atoms with Crippen molar-refractivity contribution in [3.05, 3.63) is 0 Å². The zero-order valence-corrected chi connectivity index (χ0v) is 12.2. The molecule has 106 valence electrons. The van der Waals surface area contributed by atoms with Crippen LogP contribution in [-0.4, -0.2) is 43.2 Å². The minimum atomic E-state index is -0.874. The van der Waals surface area contributed by atoms with Gasteiger partial charge in [0.05, 0.1) is 7.11 Å². The minimum Gasteiger partial charge on any atom is -0.468 e. The smallest absolute Gasteiger partial charge is 0.325 e. The van der Waals surface area contributed by atoms with Gasteiger partial charge in [0.25, 0.3) is 0 Å². The van der Waals surface area contributed by atoms with Gasteiger partial charge in [-0.2, -0.15) is 0 Å². The molecule has 3 atom stereocenters. The van der Waals surface area contributed by atoms with Crippen LogP contribution < -0.4 is 5.73 Å². The van der Waals surface area contributed by atoms with E-state index in [1.807, 2.05) is 0 Å². The summed E-state index contributed by atoms with van der Waals surface area (Å²) in [7, 11) is 3.53. The molecule has 1 aliphatic carbocycles. The van der Waals surface area contributed by atoms with E-state index in [0.717, 1.165) is 12.5 Å². The van der Waals surface area contributed by atoms with Gasteiger partial charge in [-0.25, -0.2) is 0 Å². The Labute approximate surface area is 111 Å². The van der Waals surface area contributed by atoms with E-state index in [1.54, 1.807) is 6.92 Å². The number of nitrogens with zero attached hydrogens (tertiary/aromatic N) is 1. The highest BCUT2D eigenvalue weighted by Crippen LogP contribution is 2.27. The number of hydrogen-bond donors (Lipinski definition) is 1. The van der Waals surface area contributed by atoms with Crippen molar-refractivity contribution in [2.45, 2.75) is 57.5 Å². The molecule has 3 unspecified atom stereocenters. The fourth-order valence-corrected chi connectivity index (χ4v) is 2.86. The summed E-state index contributed by atoms with van der Waals surface area (Å²) in [6.07, 6.45) is 5.88. The summed E-state index contributed by atoms with van der Waals surface area (Å²) < 4.78 is 4.73. The maximum Gasteiger partial charge on any atom is 0.325 e. The number of carbonyl (C=O) groups is 1. The van der Waals surface area contributed by atoms with Crippen LogP contribution in [0.2, 0.25) is 0 Å². The van der Waals surface area contributed by atoms with Gasteiger partial charge in [0.2, 0.25) is 0 Å². The fourth-order valence-electron chi connectivity index (χ4n) is 2.86. The van der Waals surface area contributed by atoms with Crippen molar-refractivity contribution < 1.29 is 9.53 Å². The monoisotopic (exact) mass is 256 g/mol. The van der Waals surface area contributed by atoms with Crippen LogP contribution >= 0.6 is 0 Å². The molecule has 0 bridgehead atoms. The summed E-state index contributed by atoms with van der Waals surface area (Å²) >= 11 is 0. The first-order chi connectivity index (χ1) is 8.38. The van der Waals surface area contributed by atoms with Gasteiger partial charge < -0.3 is 15.4 Å². The van der Waals surface area contributed by atoms with Crippen LogP contribution in [0, 0.1) is 5.92 Å². The van der Waals surface area contributed by atoms with E-state index in [-0.39, 0.29) is 5.97 Å². The van der Waals surface area contributed by atoms with Crippen LogP contribution in [0.1, 0.15) is 46.0 Å². The number of nitrogens with two attached hydrogens (primary N) is 1. The molecule has 0 spiro atoms. The summed E-state index contributed by atoms with van der Waals surface area (Å²) in [6.45, 7) is 4.91. The topological polar surface area (TPSA) is 55.6 Å². The van der Waals surface area contributed by atoms with Gasteiger partial charge >= 0.3 is 5.97 Å². The standard InChI is InChI=1S/C14H28N2O2/c1-11-7-5-6-8-12(11)16(3)10-9-14(2,15)13(17)18-4/h11-12H,5-10,15H2,1-4H3. The van der Waals surface area contributed by atoms with Gasteiger partial charge in [-0.15, -0.1) is 0 Å². The zero-order chi connectivity index (χ0) is 13.8. The van der Waals surface area contributed by atoms with Gasteiger partial charge in [0.1, 0.15) is 5.54 Å². The highest BCUT2D eigenvalue weighted by Gasteiger charge is 2.31. The third-order valence-electron chi connectivity index (χ3n) is 4.27. The lowest BCUT2D eigenvalue weighted by Gasteiger charge is -2.37. The number of methoxy groups -OCH3 is 1. The van der Waals surface area contributed by atoms with E-state index < -0.39 is 5.54 Å². The zero-order valence-electron chi connectivity index (χ0n) is 12.2. The Bertz CT molecular complexity index is 279. The molecule has 1 aliphatic rings. The maximum atomic E-state index is 11.5. The predicted octanol–water partition coefficient (Wildman–Crippen LogP) is 1.78. The molecule has 0 aromatic heterocycles. The average molecular weight is 256 g/mol. The lowest BCUT2D eigenvalue weighted by molar-refractivity contribution is -0.146. The largest absolute Gasteiger partial charge is 0.468 e. The van der Waals surface area contributed by atoms with Gasteiger partial charge in [0.15, 0.2) is 0 Å². The van der Waals surface area contributed by atoms with Crippen molar-refractivity contribution in [2.24, 2.45) is 11.7 Å². The Morgan fingerprint density at radius 1 is 1.44 bits per heavy atom. The Morgan fingerprint density at radius 2 is 2.06 bits per heavy atom. The molecule has 1 saturated carbocycles. The van der Waals surface area contributed by atoms with Gasteiger partial charge in [-0.05, 0) is 39.2 Å². The normalized spacial score (nSPS) is 27.9. The Hall–Kier alpha value is -0.610. The Balaban J connectivity index is 2.44. The molecule has 4 nitrogen and oxygen atoms in total. The first kappa shape index (κ1) is 15.4. The molecule has 2 N–H and O–H groups in total. The summed E-state index contributed by atoms with van der Waals surface area (Å²) in [6, 6.07) is 0.632. The van der Waals surface area contributed by atoms with E-state index in [1.165, 1.54) is 32.8 Å². The molecule has 0 saturated heterocycles. The number of esters is 1. The van der Waals surface area contributed by atoms with Crippen molar-refractivity contribution in [2.75, 3.05) is 20.7 Å². The highest BCUT2D eigenvalue weighted by atomic mass is 16.5. The molecule has 18 heavy (non-hydrogen) atoms. The molecule has 0 aromatic carbocycles. The Kier molecular flexibility index (Phi) is 5.60. The van der Waals surface area contributed by atoms with Crippen molar-refractivity contribution in [1.82, 2.24) is 4.90 Å². The van der Waals surface area contributed by atoms with Crippen molar-refractivity contribution in [3.8, 4) is 0 Å². The molecule has 0 aromatic rings. The lowest BCUT2D eigenvalue weighted by atomic mass is 9.85. The summed E-state index contributed by atoms with van der Waals surface area (Å²) in [5.74, 6) is 0.415. The summed E-state index contributed by atoms with van der Waals surface area (Å²) in [5.41, 5.74) is 5.11. The van der Waals surface area contributed by atoms with Gasteiger partial charge in [-0.1, -0.05) is 19.8 Å². The molecule has 1 fully saturated rings. The second kappa shape index (κ2) is 6.53. The quantitative estimate of drug-likeness (QED) is 0.762. The van der Waals surface area contributed by atoms with Crippen molar-refractivity contribution in [1.29, 1.82) is 0 Å². The molecule has 0 amide bonds. The molecule has 4 heteroatoms. The minimum absolute atomic E-state index is 0.326. The van der Waals surface area contributed by atoms with E-state index in [2.05, 4.69) is 18.9 Å². The summed E-state index contributed by atoms with van der Waals surface area (Å²) in [4.78, 5) is 13.9. The van der Waals surface area contributed by atoms with Crippen molar-refractivity contribution in [3.63, 3.8) is 0 Å². The van der Waals surface area contributed by atoms with Crippen LogP contribution in [0.25, 0.3) is 0 Å². The number of rotatable bonds is 5. The molecule has 1 rings (SSSR count). The third-order valence-corrected chi connectivity index (χ3v) is 4.27. The fraction of sp³-hybridized carbons (Fsp3) is 0.929. The van der Waals surface area contributed by atoms with Crippen LogP contribution in [0.5, 0.6) is 0 Å². The highest BCUT2D eigenvalue weighted by molar-refractivity contribution is 5.79. The van der Waals surface area contributed by atoms with Crippen LogP contribution in [0.3, 0.4) is 0 Å². The second-order valence-electron chi connectivity index (χ2n) is 5.97. The second-order valence-corrected chi connectivity index (χ2v) is 5.97. The third kappa shape index (κ3) is 3.95. The van der Waals surface area contributed by atoms with Crippen LogP contribution in [-0.2, 0) is 9.53 Å². The van der Waals surface area contributed by atoms with E-state index >= 15 is 0 Å². The average Bonchev–Trinajstić information content (AvgIpc) is 2.35. The molecular formula is C14H28N2O2. The Morgan fingerprint density at radius 3 is 2.61 bits per heavy atom. The van der Waals surface area contributed by atoms with E-state index in [9.17, 15) is 4.79 Å². The first-order valence-electron chi connectivity index (χ1n) is 6.96. The van der Waals surface area contributed by atoms with Gasteiger partial charge in [-0.3, -0.25) is 4.79 Å². The molecule has 0 radical (unpaired) electrons. The molecule has 0 heterocycles. The van der Waals surface area contributed by atoms with E-state index in [4.69, 9.17) is 10.5 Å². The first-order valence-corrected chi connectivity index (χ1v) is 6.96. The van der Waals surface area contributed by atoms with Crippen molar-refractivity contribution >= 4 is 5.97 Å². The predicted molar refractivity (Wildman–Crippen MR) is 73.3 cm³/mol. The van der Waals surface area contributed by atoms with Crippen LogP contribution in [0.15, 0.2) is 0 Å². The number of hydrogen-bond acceptors (Lipinski definition) is 4. The van der Waals surface area contributed by atoms with E-state index in [0.29, 0.717) is 12.5 Å².